The number of benzene rings is 2. The normalized spacial score (nSPS) is 14.1. The monoisotopic (exact) mass is 288 g/mol. The summed E-state index contributed by atoms with van der Waals surface area (Å²) in [5.41, 5.74) is 3.74. The van der Waals surface area contributed by atoms with Crippen LogP contribution < -0.4 is 10.0 Å². The molecule has 0 amide bonds. The van der Waals surface area contributed by atoms with Gasteiger partial charge < -0.3 is 5.32 Å². The molecular formula is C15H16N2O2S. The first-order valence-electron chi connectivity index (χ1n) is 6.47. The zero-order chi connectivity index (χ0) is 14.2. The minimum atomic E-state index is -3.54. The molecule has 4 nitrogen and oxygen atoms in total. The van der Waals surface area contributed by atoms with E-state index in [1.165, 1.54) is 5.56 Å². The van der Waals surface area contributed by atoms with E-state index in [2.05, 4.69) is 10.0 Å². The van der Waals surface area contributed by atoms with E-state index in [-0.39, 0.29) is 0 Å². The molecule has 0 saturated heterocycles. The highest BCUT2D eigenvalue weighted by Crippen LogP contribution is 2.23. The van der Waals surface area contributed by atoms with Crippen molar-refractivity contribution in [2.45, 2.75) is 24.9 Å². The molecule has 0 radical (unpaired) electrons. The minimum absolute atomic E-state index is 0.309. The van der Waals surface area contributed by atoms with Crippen LogP contribution in [0, 0.1) is 6.92 Å². The lowest BCUT2D eigenvalue weighted by atomic mass is 10.1. The molecule has 1 heterocycles. The molecule has 0 unspecified atom stereocenters. The lowest BCUT2D eigenvalue weighted by molar-refractivity contribution is 0.601. The van der Waals surface area contributed by atoms with Gasteiger partial charge in [0.25, 0.3) is 10.0 Å². The fraction of sp³-hybridized carbons (Fsp3) is 0.200. The topological polar surface area (TPSA) is 58.2 Å². The van der Waals surface area contributed by atoms with E-state index < -0.39 is 10.0 Å². The van der Waals surface area contributed by atoms with E-state index in [0.29, 0.717) is 10.6 Å². The molecule has 0 aliphatic carbocycles. The van der Waals surface area contributed by atoms with Gasteiger partial charge in [0.1, 0.15) is 0 Å². The second-order valence-corrected chi connectivity index (χ2v) is 6.64. The zero-order valence-corrected chi connectivity index (χ0v) is 12.0. The van der Waals surface area contributed by atoms with Crippen LogP contribution in [-0.2, 0) is 23.1 Å². The number of rotatable bonds is 3. The lowest BCUT2D eigenvalue weighted by Crippen LogP contribution is -2.14. The van der Waals surface area contributed by atoms with Crippen molar-refractivity contribution in [3.05, 3.63) is 59.2 Å². The van der Waals surface area contributed by atoms with Crippen molar-refractivity contribution in [1.82, 2.24) is 5.32 Å². The Kier molecular flexibility index (Phi) is 3.23. The number of sulfonamides is 1. The van der Waals surface area contributed by atoms with Crippen LogP contribution in [0.4, 0.5) is 5.69 Å². The van der Waals surface area contributed by atoms with Gasteiger partial charge in [-0.05, 0) is 41.8 Å². The Balaban J connectivity index is 1.94. The van der Waals surface area contributed by atoms with E-state index in [1.54, 1.807) is 18.2 Å². The van der Waals surface area contributed by atoms with Crippen molar-refractivity contribution in [3.8, 4) is 0 Å². The molecule has 5 heteroatoms. The van der Waals surface area contributed by atoms with Crippen LogP contribution in [0.1, 0.15) is 16.7 Å². The van der Waals surface area contributed by atoms with E-state index in [9.17, 15) is 8.42 Å². The van der Waals surface area contributed by atoms with Crippen molar-refractivity contribution in [1.29, 1.82) is 0 Å². The molecule has 0 atom stereocenters. The predicted molar refractivity (Wildman–Crippen MR) is 79.0 cm³/mol. The highest BCUT2D eigenvalue weighted by Gasteiger charge is 2.18. The third-order valence-electron chi connectivity index (χ3n) is 3.51. The lowest BCUT2D eigenvalue weighted by Gasteiger charge is -2.11. The number of para-hydroxylation sites is 1. The Morgan fingerprint density at radius 2 is 1.80 bits per heavy atom. The first kappa shape index (κ1) is 13.1. The fourth-order valence-electron chi connectivity index (χ4n) is 2.33. The van der Waals surface area contributed by atoms with E-state index in [0.717, 1.165) is 24.2 Å². The summed E-state index contributed by atoms with van der Waals surface area (Å²) in [7, 11) is -3.54. The molecule has 20 heavy (non-hydrogen) atoms. The molecule has 2 aromatic carbocycles. The van der Waals surface area contributed by atoms with Gasteiger partial charge in [-0.25, -0.2) is 8.42 Å². The SMILES string of the molecule is Cc1ccccc1NS(=O)(=O)c1ccc2c(c1)CNC2. The summed E-state index contributed by atoms with van der Waals surface area (Å²) >= 11 is 0. The quantitative estimate of drug-likeness (QED) is 0.912. The molecule has 2 N–H and O–H groups in total. The maximum Gasteiger partial charge on any atom is 0.261 e. The second-order valence-electron chi connectivity index (χ2n) is 4.95. The van der Waals surface area contributed by atoms with Crippen molar-refractivity contribution in [2.75, 3.05) is 4.72 Å². The molecule has 0 saturated carbocycles. The molecule has 1 aliphatic heterocycles. The zero-order valence-electron chi connectivity index (χ0n) is 11.2. The Morgan fingerprint density at radius 1 is 1.05 bits per heavy atom. The van der Waals surface area contributed by atoms with Crippen LogP contribution in [0.2, 0.25) is 0 Å². The van der Waals surface area contributed by atoms with Crippen LogP contribution in [0.3, 0.4) is 0 Å². The fourth-order valence-corrected chi connectivity index (χ4v) is 3.51. The summed E-state index contributed by atoms with van der Waals surface area (Å²) in [4.78, 5) is 0.309. The summed E-state index contributed by atoms with van der Waals surface area (Å²) < 4.78 is 27.5. The van der Waals surface area contributed by atoms with Gasteiger partial charge in [0.15, 0.2) is 0 Å². The van der Waals surface area contributed by atoms with Crippen LogP contribution >= 0.6 is 0 Å². The van der Waals surface area contributed by atoms with Crippen molar-refractivity contribution >= 4 is 15.7 Å². The maximum absolute atomic E-state index is 12.4. The number of fused-ring (bicyclic) bond motifs is 1. The first-order valence-corrected chi connectivity index (χ1v) is 7.95. The molecule has 0 fully saturated rings. The van der Waals surface area contributed by atoms with Crippen molar-refractivity contribution in [2.24, 2.45) is 0 Å². The van der Waals surface area contributed by atoms with Crippen LogP contribution in [-0.4, -0.2) is 8.42 Å². The average Bonchev–Trinajstić information content (AvgIpc) is 2.88. The highest BCUT2D eigenvalue weighted by atomic mass is 32.2. The summed E-state index contributed by atoms with van der Waals surface area (Å²) in [5, 5.41) is 3.21. The molecule has 0 bridgehead atoms. The Labute approximate surface area is 118 Å². The van der Waals surface area contributed by atoms with Gasteiger partial charge in [-0.1, -0.05) is 24.3 Å². The van der Waals surface area contributed by atoms with Crippen LogP contribution in [0.15, 0.2) is 47.4 Å². The number of hydrogen-bond donors (Lipinski definition) is 2. The van der Waals surface area contributed by atoms with E-state index >= 15 is 0 Å². The molecular weight excluding hydrogens is 272 g/mol. The molecule has 0 spiro atoms. The van der Waals surface area contributed by atoms with Gasteiger partial charge in [-0.15, -0.1) is 0 Å². The largest absolute Gasteiger partial charge is 0.309 e. The average molecular weight is 288 g/mol. The van der Waals surface area contributed by atoms with Crippen LogP contribution in [0.5, 0.6) is 0 Å². The number of nitrogens with one attached hydrogen (secondary N) is 2. The molecule has 2 aromatic rings. The first-order chi connectivity index (χ1) is 9.56. The minimum Gasteiger partial charge on any atom is -0.309 e. The third-order valence-corrected chi connectivity index (χ3v) is 4.87. The Morgan fingerprint density at radius 3 is 2.60 bits per heavy atom. The molecule has 3 rings (SSSR count). The van der Waals surface area contributed by atoms with Crippen molar-refractivity contribution in [3.63, 3.8) is 0 Å². The summed E-state index contributed by atoms with van der Waals surface area (Å²) in [6.45, 7) is 3.41. The number of hydrogen-bond acceptors (Lipinski definition) is 3. The van der Waals surface area contributed by atoms with Gasteiger partial charge in [0.2, 0.25) is 0 Å². The van der Waals surface area contributed by atoms with Gasteiger partial charge in [0.05, 0.1) is 10.6 Å². The summed E-state index contributed by atoms with van der Waals surface area (Å²) in [6.07, 6.45) is 0. The van der Waals surface area contributed by atoms with Crippen LogP contribution in [0.25, 0.3) is 0 Å². The van der Waals surface area contributed by atoms with Gasteiger partial charge in [-0.2, -0.15) is 0 Å². The molecule has 0 aromatic heterocycles. The predicted octanol–water partition coefficient (Wildman–Crippen LogP) is 2.40. The van der Waals surface area contributed by atoms with Gasteiger partial charge in [-0.3, -0.25) is 4.72 Å². The Bertz CT molecular complexity index is 754. The maximum atomic E-state index is 12.4. The molecule has 1 aliphatic rings. The molecule has 104 valence electrons. The smallest absolute Gasteiger partial charge is 0.261 e. The second kappa shape index (κ2) is 4.92. The third kappa shape index (κ3) is 2.42. The van der Waals surface area contributed by atoms with Gasteiger partial charge in [0, 0.05) is 13.1 Å². The van der Waals surface area contributed by atoms with E-state index in [4.69, 9.17) is 0 Å². The number of aryl methyl sites for hydroxylation is 1. The van der Waals surface area contributed by atoms with Crippen molar-refractivity contribution < 1.29 is 8.42 Å². The highest BCUT2D eigenvalue weighted by molar-refractivity contribution is 7.92. The summed E-state index contributed by atoms with van der Waals surface area (Å²) in [6, 6.07) is 12.6. The van der Waals surface area contributed by atoms with Gasteiger partial charge >= 0.3 is 0 Å². The summed E-state index contributed by atoms with van der Waals surface area (Å²) in [5.74, 6) is 0. The Hall–Kier alpha value is -1.85. The standard InChI is InChI=1S/C15H16N2O2S/c1-11-4-2-3-5-15(11)17-20(18,19)14-7-6-12-9-16-10-13(12)8-14/h2-8,16-17H,9-10H2,1H3. The van der Waals surface area contributed by atoms with E-state index in [1.807, 2.05) is 31.2 Å². The number of anilines is 1.